The lowest BCUT2D eigenvalue weighted by atomic mass is 10.4. The Morgan fingerprint density at radius 3 is 2.92 bits per heavy atom. The minimum atomic E-state index is 0.745. The van der Waals surface area contributed by atoms with Crippen molar-refractivity contribution in [1.29, 1.82) is 0 Å². The predicted molar refractivity (Wildman–Crippen MR) is 51.5 cm³/mol. The first-order valence-electron chi connectivity index (χ1n) is 4.45. The summed E-state index contributed by atoms with van der Waals surface area (Å²) in [6, 6.07) is 0. The summed E-state index contributed by atoms with van der Waals surface area (Å²) >= 11 is 0. The summed E-state index contributed by atoms with van der Waals surface area (Å²) in [5, 5.41) is 3.02. The second-order valence-corrected chi connectivity index (χ2v) is 3.30. The quantitative estimate of drug-likeness (QED) is 0.721. The molecule has 74 valence electrons. The molecule has 4 heteroatoms. The van der Waals surface area contributed by atoms with Gasteiger partial charge in [0.15, 0.2) is 5.89 Å². The van der Waals surface area contributed by atoms with Crippen LogP contribution in [0.4, 0.5) is 0 Å². The van der Waals surface area contributed by atoms with Gasteiger partial charge in [0.2, 0.25) is 0 Å². The molecule has 13 heavy (non-hydrogen) atoms. The van der Waals surface area contributed by atoms with Gasteiger partial charge < -0.3 is 14.6 Å². The van der Waals surface area contributed by atoms with Crippen LogP contribution >= 0.6 is 0 Å². The van der Waals surface area contributed by atoms with Crippen molar-refractivity contribution in [3.05, 3.63) is 17.8 Å². The van der Waals surface area contributed by atoms with Gasteiger partial charge in [0.1, 0.15) is 5.76 Å². The number of nitrogens with zero attached hydrogens (tertiary/aromatic N) is 2. The zero-order chi connectivity index (χ0) is 9.68. The van der Waals surface area contributed by atoms with Crippen molar-refractivity contribution >= 4 is 0 Å². The lowest BCUT2D eigenvalue weighted by Crippen LogP contribution is -2.15. The number of hydrogen-bond acceptors (Lipinski definition) is 4. The lowest BCUT2D eigenvalue weighted by Gasteiger charge is -2.05. The van der Waals surface area contributed by atoms with Gasteiger partial charge in [0, 0.05) is 13.0 Å². The largest absolute Gasteiger partial charge is 0.444 e. The summed E-state index contributed by atoms with van der Waals surface area (Å²) < 4.78 is 5.47. The van der Waals surface area contributed by atoms with E-state index in [4.69, 9.17) is 4.42 Å². The fraction of sp³-hybridized carbons (Fsp3) is 0.667. The maximum Gasteiger partial charge on any atom is 0.195 e. The Hall–Kier alpha value is -0.870. The third kappa shape index (κ3) is 3.57. The minimum Gasteiger partial charge on any atom is -0.444 e. The summed E-state index contributed by atoms with van der Waals surface area (Å²) in [5.74, 6) is 1.72. The molecular formula is C9H17N3O. The lowest BCUT2D eigenvalue weighted by molar-refractivity contribution is 0.375. The fourth-order valence-corrected chi connectivity index (χ4v) is 1.04. The highest BCUT2D eigenvalue weighted by molar-refractivity contribution is 4.93. The van der Waals surface area contributed by atoms with Crippen molar-refractivity contribution in [2.24, 2.45) is 0 Å². The van der Waals surface area contributed by atoms with Crippen LogP contribution in [-0.4, -0.2) is 37.6 Å². The molecule has 1 aromatic heterocycles. The Kier molecular flexibility index (Phi) is 3.92. The third-order valence-electron chi connectivity index (χ3n) is 1.73. The summed E-state index contributed by atoms with van der Waals surface area (Å²) in [5.41, 5.74) is 0. The van der Waals surface area contributed by atoms with Gasteiger partial charge in [-0.3, -0.25) is 0 Å². The molecule has 0 aliphatic carbocycles. The van der Waals surface area contributed by atoms with Crippen molar-refractivity contribution < 1.29 is 4.42 Å². The molecule has 0 saturated carbocycles. The van der Waals surface area contributed by atoms with E-state index in [1.807, 2.05) is 21.1 Å². The van der Waals surface area contributed by atoms with Crippen LogP contribution in [0.3, 0.4) is 0 Å². The van der Waals surface area contributed by atoms with Crippen LogP contribution < -0.4 is 5.32 Å². The van der Waals surface area contributed by atoms with Crippen molar-refractivity contribution in [1.82, 2.24) is 15.2 Å². The number of aromatic nitrogens is 1. The molecule has 0 amide bonds. The highest BCUT2D eigenvalue weighted by atomic mass is 16.4. The average molecular weight is 183 g/mol. The summed E-state index contributed by atoms with van der Waals surface area (Å²) in [6.45, 7) is 1.72. The van der Waals surface area contributed by atoms with Crippen molar-refractivity contribution in [2.45, 2.75) is 13.0 Å². The van der Waals surface area contributed by atoms with E-state index in [0.717, 1.165) is 31.2 Å². The molecule has 1 heterocycles. The van der Waals surface area contributed by atoms with Crippen LogP contribution in [0.5, 0.6) is 0 Å². The zero-order valence-electron chi connectivity index (χ0n) is 8.50. The van der Waals surface area contributed by atoms with Crippen LogP contribution in [0.1, 0.15) is 11.7 Å². The van der Waals surface area contributed by atoms with Crippen LogP contribution in [0.2, 0.25) is 0 Å². The van der Waals surface area contributed by atoms with Crippen LogP contribution in [-0.2, 0) is 13.0 Å². The van der Waals surface area contributed by atoms with E-state index in [0.29, 0.717) is 0 Å². The van der Waals surface area contributed by atoms with Gasteiger partial charge in [-0.05, 0) is 21.1 Å². The van der Waals surface area contributed by atoms with Crippen LogP contribution in [0.25, 0.3) is 0 Å². The Labute approximate surface area is 78.9 Å². The second kappa shape index (κ2) is 4.99. The van der Waals surface area contributed by atoms with Crippen molar-refractivity contribution in [3.8, 4) is 0 Å². The van der Waals surface area contributed by atoms with E-state index in [9.17, 15) is 0 Å². The molecule has 4 nitrogen and oxygen atoms in total. The van der Waals surface area contributed by atoms with Crippen molar-refractivity contribution in [3.63, 3.8) is 0 Å². The van der Waals surface area contributed by atoms with E-state index in [1.54, 1.807) is 6.20 Å². The van der Waals surface area contributed by atoms with Crippen molar-refractivity contribution in [2.75, 3.05) is 27.7 Å². The summed E-state index contributed by atoms with van der Waals surface area (Å²) in [4.78, 5) is 6.29. The molecule has 0 unspecified atom stereocenters. The molecule has 0 bridgehead atoms. The molecule has 0 spiro atoms. The van der Waals surface area contributed by atoms with E-state index < -0.39 is 0 Å². The van der Waals surface area contributed by atoms with E-state index in [-0.39, 0.29) is 0 Å². The van der Waals surface area contributed by atoms with Gasteiger partial charge in [-0.2, -0.15) is 0 Å². The van der Waals surface area contributed by atoms with E-state index in [1.165, 1.54) is 0 Å². The van der Waals surface area contributed by atoms with Gasteiger partial charge in [0.05, 0.1) is 12.7 Å². The molecule has 0 fully saturated rings. The second-order valence-electron chi connectivity index (χ2n) is 3.30. The Balaban J connectivity index is 2.39. The normalized spacial score (nSPS) is 11.1. The Bertz CT molecular complexity index is 245. The standard InChI is InChI=1S/C9H17N3O/c1-10-6-8-7-11-9(13-8)4-5-12(2)3/h7,10H,4-6H2,1-3H3. The third-order valence-corrected chi connectivity index (χ3v) is 1.73. The number of rotatable bonds is 5. The molecule has 1 aromatic rings. The smallest absolute Gasteiger partial charge is 0.195 e. The maximum atomic E-state index is 5.47. The van der Waals surface area contributed by atoms with Gasteiger partial charge in [-0.15, -0.1) is 0 Å². The predicted octanol–water partition coefficient (Wildman–Crippen LogP) is 0.498. The highest BCUT2D eigenvalue weighted by Crippen LogP contribution is 2.03. The first kappa shape index (κ1) is 10.2. The molecule has 1 N–H and O–H groups in total. The fourth-order valence-electron chi connectivity index (χ4n) is 1.04. The summed E-state index contributed by atoms with van der Waals surface area (Å²) in [7, 11) is 5.97. The summed E-state index contributed by atoms with van der Waals surface area (Å²) in [6.07, 6.45) is 2.65. The van der Waals surface area contributed by atoms with Gasteiger partial charge in [0.25, 0.3) is 0 Å². The van der Waals surface area contributed by atoms with Crippen LogP contribution in [0.15, 0.2) is 10.6 Å². The Morgan fingerprint density at radius 2 is 2.31 bits per heavy atom. The first-order chi connectivity index (χ1) is 6.22. The number of likely N-dealkylation sites (N-methyl/N-ethyl adjacent to an activating group) is 1. The zero-order valence-corrected chi connectivity index (χ0v) is 8.50. The van der Waals surface area contributed by atoms with Gasteiger partial charge >= 0.3 is 0 Å². The molecule has 0 aliphatic rings. The highest BCUT2D eigenvalue weighted by Gasteiger charge is 2.02. The molecule has 0 atom stereocenters. The number of nitrogens with one attached hydrogen (secondary N) is 1. The molecule has 0 saturated heterocycles. The van der Waals surface area contributed by atoms with Gasteiger partial charge in [-0.25, -0.2) is 4.98 Å². The van der Waals surface area contributed by atoms with E-state index >= 15 is 0 Å². The molecular weight excluding hydrogens is 166 g/mol. The number of oxazole rings is 1. The van der Waals surface area contributed by atoms with Gasteiger partial charge in [-0.1, -0.05) is 0 Å². The first-order valence-corrected chi connectivity index (χ1v) is 4.45. The molecule has 0 aliphatic heterocycles. The van der Waals surface area contributed by atoms with E-state index in [2.05, 4.69) is 15.2 Å². The maximum absolute atomic E-state index is 5.47. The van der Waals surface area contributed by atoms with Crippen LogP contribution in [0, 0.1) is 0 Å². The Morgan fingerprint density at radius 1 is 1.54 bits per heavy atom. The topological polar surface area (TPSA) is 41.3 Å². The molecule has 0 radical (unpaired) electrons. The average Bonchev–Trinajstić information content (AvgIpc) is 2.50. The molecule has 0 aromatic carbocycles. The molecule has 1 rings (SSSR count). The minimum absolute atomic E-state index is 0.745. The monoisotopic (exact) mass is 183 g/mol. The SMILES string of the molecule is CNCc1cnc(CCN(C)C)o1. The number of hydrogen-bond donors (Lipinski definition) is 1.